The number of hydrogen-bond acceptors (Lipinski definition) is 7. The maximum absolute atomic E-state index is 14.1. The number of nitrogens with two attached hydrogens (primary N) is 2. The molecule has 2 amide bonds. The average molecular weight is 478 g/mol. The van der Waals surface area contributed by atoms with Gasteiger partial charge in [0.2, 0.25) is 21.5 Å². The van der Waals surface area contributed by atoms with Crippen molar-refractivity contribution in [1.82, 2.24) is 20.0 Å². The summed E-state index contributed by atoms with van der Waals surface area (Å²) in [4.78, 5) is 22.3. The van der Waals surface area contributed by atoms with E-state index in [2.05, 4.69) is 20.7 Å². The molecule has 11 nitrogen and oxygen atoms in total. The fourth-order valence-corrected chi connectivity index (χ4v) is 5.92. The number of quaternary nitrogens is 1. The highest BCUT2D eigenvalue weighted by molar-refractivity contribution is 7.93. The predicted octanol–water partition coefficient (Wildman–Crippen LogP) is 1.51. The molecule has 3 aliphatic rings. The summed E-state index contributed by atoms with van der Waals surface area (Å²) in [6, 6.07) is 7.69. The SMILES string of the molecule is CC1=CC2(c3cccc2c3S(N)(=O)=O)[N+](C(=O)Nc2ncccn2)(c2cccc(C(=N)N)c2)N1. The fourth-order valence-electron chi connectivity index (χ4n) is 4.86. The molecule has 7 N–H and O–H groups in total. The Morgan fingerprint density at radius 2 is 1.97 bits per heavy atom. The number of carbonyl (C=O) groups is 1. The minimum atomic E-state index is -4.06. The molecule has 5 rings (SSSR count). The van der Waals surface area contributed by atoms with Gasteiger partial charge in [-0.2, -0.15) is 0 Å². The van der Waals surface area contributed by atoms with E-state index in [-0.39, 0.29) is 16.7 Å². The molecule has 12 heteroatoms. The lowest BCUT2D eigenvalue weighted by Crippen LogP contribution is -2.76. The van der Waals surface area contributed by atoms with Crippen LogP contribution in [0.15, 0.2) is 88.8 Å². The first-order chi connectivity index (χ1) is 16.1. The van der Waals surface area contributed by atoms with Gasteiger partial charge in [0.05, 0.1) is 5.70 Å². The van der Waals surface area contributed by atoms with E-state index in [9.17, 15) is 13.2 Å². The molecule has 2 aromatic rings. The van der Waals surface area contributed by atoms with Crippen LogP contribution in [-0.2, 0) is 10.0 Å². The highest BCUT2D eigenvalue weighted by Gasteiger charge is 2.72. The lowest BCUT2D eigenvalue weighted by molar-refractivity contribution is 0.168. The van der Waals surface area contributed by atoms with E-state index in [1.54, 1.807) is 61.6 Å². The molecule has 2 bridgehead atoms. The van der Waals surface area contributed by atoms with E-state index < -0.39 is 26.2 Å². The molecule has 172 valence electrons. The number of carbonyl (C=O) groups excluding carboxylic acids is 1. The van der Waals surface area contributed by atoms with Gasteiger partial charge in [-0.05, 0) is 13.0 Å². The molecule has 1 aromatic heterocycles. The standard InChI is InChI=1S/C22H20N8O3S/c1-13-12-22(16-7-3-8-17(22)18(16)34(25,32)33)30(29-13,15-6-2-5-14(11-15)19(23)24)21(31)28-20-26-9-4-10-27-20/h2-12,29H,1H3,(H5-,23,24,25,26,27,28,31,32,33)/p+1. The zero-order valence-electron chi connectivity index (χ0n) is 18.0. The maximum Gasteiger partial charge on any atom is 0.454 e. The Morgan fingerprint density at radius 1 is 1.24 bits per heavy atom. The number of hydrogen-bond donors (Lipinski definition) is 5. The number of primary sulfonamides is 1. The lowest BCUT2D eigenvalue weighted by Gasteiger charge is -2.51. The van der Waals surface area contributed by atoms with Crippen molar-refractivity contribution in [2.75, 3.05) is 5.32 Å². The van der Waals surface area contributed by atoms with Crippen molar-refractivity contribution in [3.8, 4) is 0 Å². The predicted molar refractivity (Wildman–Crippen MR) is 127 cm³/mol. The minimum absolute atomic E-state index is 0.0169. The van der Waals surface area contributed by atoms with Crippen LogP contribution in [0.5, 0.6) is 0 Å². The van der Waals surface area contributed by atoms with Crippen LogP contribution in [0, 0.1) is 5.41 Å². The van der Waals surface area contributed by atoms with Gasteiger partial charge in [-0.1, -0.05) is 35.0 Å². The molecule has 0 fully saturated rings. The van der Waals surface area contributed by atoms with Crippen molar-refractivity contribution < 1.29 is 13.2 Å². The molecule has 34 heavy (non-hydrogen) atoms. The van der Waals surface area contributed by atoms with Crippen molar-refractivity contribution >= 4 is 33.5 Å². The van der Waals surface area contributed by atoms with Gasteiger partial charge < -0.3 is 5.73 Å². The molecule has 1 spiro atoms. The first-order valence-electron chi connectivity index (χ1n) is 10.2. The van der Waals surface area contributed by atoms with Gasteiger partial charge in [-0.3, -0.25) is 5.41 Å². The van der Waals surface area contributed by atoms with Gasteiger partial charge in [0.15, 0.2) is 5.69 Å². The molecule has 2 aliphatic carbocycles. The zero-order chi connectivity index (χ0) is 24.3. The molecule has 1 aliphatic heterocycles. The van der Waals surface area contributed by atoms with Crippen molar-refractivity contribution in [3.05, 3.63) is 94.3 Å². The largest absolute Gasteiger partial charge is 0.454 e. The van der Waals surface area contributed by atoms with Crippen molar-refractivity contribution in [1.29, 1.82) is 5.41 Å². The number of benzene rings is 1. The third-order valence-electron chi connectivity index (χ3n) is 6.05. The summed E-state index contributed by atoms with van der Waals surface area (Å²) in [5.41, 5.74) is 9.91. The summed E-state index contributed by atoms with van der Waals surface area (Å²) in [6.07, 6.45) is 9.77. The normalized spacial score (nSPS) is 24.8. The first kappa shape index (κ1) is 21.7. The van der Waals surface area contributed by atoms with Crippen LogP contribution in [-0.4, -0.2) is 35.8 Å². The number of sulfonamides is 1. The van der Waals surface area contributed by atoms with E-state index in [0.29, 0.717) is 28.1 Å². The zero-order valence-corrected chi connectivity index (χ0v) is 18.8. The third kappa shape index (κ3) is 2.79. The number of nitrogens with zero attached hydrogens (tertiary/aromatic N) is 3. The van der Waals surface area contributed by atoms with E-state index in [4.69, 9.17) is 16.3 Å². The Bertz CT molecular complexity index is 1490. The van der Waals surface area contributed by atoms with Gasteiger partial charge in [0.1, 0.15) is 10.7 Å². The average Bonchev–Trinajstić information content (AvgIpc) is 3.15. The molecule has 0 saturated heterocycles. The van der Waals surface area contributed by atoms with E-state index in [1.807, 2.05) is 0 Å². The molecule has 2 heterocycles. The van der Waals surface area contributed by atoms with Crippen molar-refractivity contribution in [2.24, 2.45) is 10.9 Å². The van der Waals surface area contributed by atoms with Gasteiger partial charge in [0.25, 0.3) is 0 Å². The minimum Gasteiger partial charge on any atom is -0.384 e. The van der Waals surface area contributed by atoms with Crippen molar-refractivity contribution in [3.63, 3.8) is 0 Å². The second-order valence-corrected chi connectivity index (χ2v) is 9.57. The highest BCUT2D eigenvalue weighted by Crippen LogP contribution is 2.59. The number of amidine groups is 1. The van der Waals surface area contributed by atoms with Crippen LogP contribution in [0.4, 0.5) is 16.4 Å². The van der Waals surface area contributed by atoms with Gasteiger partial charge in [-0.15, -0.1) is 0 Å². The number of allylic oxidation sites excluding steroid dienone is 3. The molecule has 2 unspecified atom stereocenters. The van der Waals surface area contributed by atoms with E-state index in [1.165, 1.54) is 12.4 Å². The molecular weight excluding hydrogens is 456 g/mol. The summed E-state index contributed by atoms with van der Waals surface area (Å²) in [5.74, 6) is -0.106. The monoisotopic (exact) mass is 477 g/mol. The molecule has 2 atom stereocenters. The first-order valence-corrected chi connectivity index (χ1v) is 11.7. The van der Waals surface area contributed by atoms with Gasteiger partial charge >= 0.3 is 6.03 Å². The second kappa shape index (κ2) is 7.18. The lowest BCUT2D eigenvalue weighted by atomic mass is 9.67. The van der Waals surface area contributed by atoms with Crippen LogP contribution < -0.4 is 26.2 Å². The number of amides is 2. The summed E-state index contributed by atoms with van der Waals surface area (Å²) < 4.78 is 24.3. The number of anilines is 1. The van der Waals surface area contributed by atoms with Gasteiger partial charge in [0, 0.05) is 47.3 Å². The van der Waals surface area contributed by atoms with Crippen LogP contribution in [0.2, 0.25) is 0 Å². The maximum atomic E-state index is 14.1. The van der Waals surface area contributed by atoms with E-state index >= 15 is 0 Å². The van der Waals surface area contributed by atoms with Crippen LogP contribution in [0.3, 0.4) is 0 Å². The van der Waals surface area contributed by atoms with Crippen molar-refractivity contribution in [2.45, 2.75) is 12.5 Å². The number of aromatic nitrogens is 2. The van der Waals surface area contributed by atoms with E-state index in [0.717, 1.165) is 0 Å². The fraction of sp³-hybridized carbons (Fsp3) is 0.0909. The highest BCUT2D eigenvalue weighted by atomic mass is 32.2. The summed E-state index contributed by atoms with van der Waals surface area (Å²) in [5, 5.41) is 16.1. The Balaban J connectivity index is 1.79. The number of nitrogen functional groups attached to an aromatic ring is 1. The number of urea groups is 1. The number of rotatable bonds is 4. The van der Waals surface area contributed by atoms with Crippen LogP contribution in [0.1, 0.15) is 12.5 Å². The molecular formula is C22H21N8O3S+. The molecule has 1 aromatic carbocycles. The summed E-state index contributed by atoms with van der Waals surface area (Å²) in [6.45, 7) is 1.78. The third-order valence-corrected chi connectivity index (χ3v) is 7.06. The van der Waals surface area contributed by atoms with Crippen LogP contribution in [0.25, 0.3) is 0 Å². The molecule has 0 saturated carbocycles. The quantitative estimate of drug-likeness (QED) is 0.252. The Hall–Kier alpha value is -4.13. The molecule has 0 radical (unpaired) electrons. The smallest absolute Gasteiger partial charge is 0.384 e. The summed E-state index contributed by atoms with van der Waals surface area (Å²) >= 11 is 0. The Labute approximate surface area is 195 Å². The van der Waals surface area contributed by atoms with Gasteiger partial charge in [-0.25, -0.2) is 39.1 Å². The summed E-state index contributed by atoms with van der Waals surface area (Å²) in [7, 11) is -4.06. The second-order valence-electron chi connectivity index (χ2n) is 8.07. The topological polar surface area (TPSA) is 177 Å². The number of nitrogens with one attached hydrogen (secondary N) is 3. The van der Waals surface area contributed by atoms with Crippen LogP contribution >= 0.6 is 0 Å². The Kier molecular flexibility index (Phi) is 4.59. The Morgan fingerprint density at radius 3 is 2.59 bits per heavy atom.